The normalized spacial score (nSPS) is 10.4. The van der Waals surface area contributed by atoms with E-state index in [4.69, 9.17) is 11.6 Å². The molecule has 2 amide bonds. The maximum Gasteiger partial charge on any atom is 0.319 e. The molecule has 0 unspecified atom stereocenters. The average molecular weight is 329 g/mol. The van der Waals surface area contributed by atoms with Crippen molar-refractivity contribution in [3.63, 3.8) is 0 Å². The largest absolute Gasteiger partial charge is 0.338 e. The molecule has 2 N–H and O–H groups in total. The number of amides is 2. The first-order chi connectivity index (χ1) is 10.5. The predicted octanol–water partition coefficient (Wildman–Crippen LogP) is 4.12. The van der Waals surface area contributed by atoms with Gasteiger partial charge in [-0.2, -0.15) is 0 Å². The second-order valence-corrected chi connectivity index (χ2v) is 4.92. The number of hydrogen-bond donors (Lipinski definition) is 2. The number of hydrogen-bond acceptors (Lipinski definition) is 1. The summed E-state index contributed by atoms with van der Waals surface area (Å²) in [7, 11) is 0. The van der Waals surface area contributed by atoms with E-state index in [2.05, 4.69) is 10.6 Å². The molecule has 0 aliphatic rings. The van der Waals surface area contributed by atoms with Crippen LogP contribution < -0.4 is 10.6 Å². The molecular formula is C15H12ClF3N2O. The average Bonchev–Trinajstić information content (AvgIpc) is 2.44. The molecule has 0 atom stereocenters. The van der Waals surface area contributed by atoms with E-state index in [1.807, 2.05) is 0 Å². The number of benzene rings is 2. The van der Waals surface area contributed by atoms with Gasteiger partial charge in [0.1, 0.15) is 17.5 Å². The van der Waals surface area contributed by atoms with E-state index in [0.717, 1.165) is 0 Å². The summed E-state index contributed by atoms with van der Waals surface area (Å²) in [6.45, 7) is -0.00110. The lowest BCUT2D eigenvalue weighted by atomic mass is 10.1. The molecular weight excluding hydrogens is 317 g/mol. The lowest BCUT2D eigenvalue weighted by Gasteiger charge is -2.09. The fourth-order valence-corrected chi connectivity index (χ4v) is 1.95. The van der Waals surface area contributed by atoms with Gasteiger partial charge in [-0.1, -0.05) is 11.6 Å². The lowest BCUT2D eigenvalue weighted by Crippen LogP contribution is -2.30. The van der Waals surface area contributed by atoms with Crippen LogP contribution in [-0.4, -0.2) is 12.6 Å². The highest BCUT2D eigenvalue weighted by atomic mass is 35.5. The summed E-state index contributed by atoms with van der Waals surface area (Å²) in [5.74, 6) is -2.93. The number of carbonyl (C=O) groups is 1. The van der Waals surface area contributed by atoms with E-state index < -0.39 is 23.5 Å². The summed E-state index contributed by atoms with van der Waals surface area (Å²) < 4.78 is 39.6. The molecule has 22 heavy (non-hydrogen) atoms. The number of nitrogens with one attached hydrogen (secondary N) is 2. The van der Waals surface area contributed by atoms with Gasteiger partial charge in [0.15, 0.2) is 0 Å². The highest BCUT2D eigenvalue weighted by Gasteiger charge is 2.11. The molecule has 0 heterocycles. The first kappa shape index (κ1) is 16.2. The van der Waals surface area contributed by atoms with Crippen molar-refractivity contribution in [3.8, 4) is 0 Å². The van der Waals surface area contributed by atoms with E-state index in [1.54, 1.807) is 24.3 Å². The van der Waals surface area contributed by atoms with Crippen molar-refractivity contribution in [1.29, 1.82) is 0 Å². The quantitative estimate of drug-likeness (QED) is 0.871. The SMILES string of the molecule is O=C(NCCc1c(F)cc(F)cc1F)Nc1ccc(Cl)cc1. The Labute approximate surface area is 130 Å². The fraction of sp³-hybridized carbons (Fsp3) is 0.133. The first-order valence-corrected chi connectivity index (χ1v) is 6.77. The molecule has 0 bridgehead atoms. The predicted molar refractivity (Wildman–Crippen MR) is 78.5 cm³/mol. The summed E-state index contributed by atoms with van der Waals surface area (Å²) in [5, 5.41) is 5.53. The zero-order valence-electron chi connectivity index (χ0n) is 11.3. The Balaban J connectivity index is 1.86. The van der Waals surface area contributed by atoms with Crippen LogP contribution in [0, 0.1) is 17.5 Å². The summed E-state index contributed by atoms with van der Waals surface area (Å²) in [6, 6.07) is 7.13. The molecule has 0 aliphatic carbocycles. The van der Waals surface area contributed by atoms with Crippen molar-refractivity contribution >= 4 is 23.3 Å². The minimum Gasteiger partial charge on any atom is -0.338 e. The van der Waals surface area contributed by atoms with Crippen molar-refractivity contribution in [2.75, 3.05) is 11.9 Å². The van der Waals surface area contributed by atoms with Gasteiger partial charge in [-0.3, -0.25) is 0 Å². The molecule has 3 nitrogen and oxygen atoms in total. The van der Waals surface area contributed by atoms with Crippen molar-refractivity contribution in [1.82, 2.24) is 5.32 Å². The smallest absolute Gasteiger partial charge is 0.319 e. The van der Waals surface area contributed by atoms with Gasteiger partial charge in [0.25, 0.3) is 0 Å². The number of halogens is 4. The summed E-state index contributed by atoms with van der Waals surface area (Å²) in [5.41, 5.74) is 0.259. The molecule has 2 aromatic carbocycles. The van der Waals surface area contributed by atoms with Gasteiger partial charge in [-0.05, 0) is 30.7 Å². The molecule has 0 saturated carbocycles. The van der Waals surface area contributed by atoms with Crippen LogP contribution >= 0.6 is 11.6 Å². The van der Waals surface area contributed by atoms with Crippen molar-refractivity contribution < 1.29 is 18.0 Å². The van der Waals surface area contributed by atoms with Crippen LogP contribution in [0.15, 0.2) is 36.4 Å². The van der Waals surface area contributed by atoms with E-state index >= 15 is 0 Å². The van der Waals surface area contributed by atoms with Crippen molar-refractivity contribution in [2.24, 2.45) is 0 Å². The third-order valence-corrected chi connectivity index (χ3v) is 3.12. The highest BCUT2D eigenvalue weighted by Crippen LogP contribution is 2.15. The summed E-state index contributed by atoms with van der Waals surface area (Å²) in [6.07, 6.45) is -0.0913. The molecule has 116 valence electrons. The van der Waals surface area contributed by atoms with E-state index in [-0.39, 0.29) is 18.5 Å². The molecule has 7 heteroatoms. The summed E-state index contributed by atoms with van der Waals surface area (Å²) in [4.78, 5) is 11.6. The van der Waals surface area contributed by atoms with Gasteiger partial charge in [0.2, 0.25) is 0 Å². The van der Waals surface area contributed by atoms with Crippen LogP contribution in [0.4, 0.5) is 23.7 Å². The molecule has 0 aliphatic heterocycles. The second kappa shape index (κ2) is 7.17. The highest BCUT2D eigenvalue weighted by molar-refractivity contribution is 6.30. The number of carbonyl (C=O) groups excluding carboxylic acids is 1. The van der Waals surface area contributed by atoms with Crippen LogP contribution in [0.25, 0.3) is 0 Å². The van der Waals surface area contributed by atoms with Crippen molar-refractivity contribution in [3.05, 3.63) is 64.4 Å². The summed E-state index contributed by atoms with van der Waals surface area (Å²) >= 11 is 5.71. The Hall–Kier alpha value is -2.21. The molecule has 0 aromatic heterocycles. The second-order valence-electron chi connectivity index (χ2n) is 4.49. The minimum absolute atomic E-state index is 0.00110. The van der Waals surface area contributed by atoms with E-state index in [9.17, 15) is 18.0 Å². The van der Waals surface area contributed by atoms with Crippen molar-refractivity contribution in [2.45, 2.75) is 6.42 Å². The number of urea groups is 1. The van der Waals surface area contributed by atoms with Gasteiger partial charge in [-0.25, -0.2) is 18.0 Å². The maximum atomic E-state index is 13.4. The molecule has 0 fully saturated rings. The van der Waals surface area contributed by atoms with E-state index in [1.165, 1.54) is 0 Å². The monoisotopic (exact) mass is 328 g/mol. The lowest BCUT2D eigenvalue weighted by molar-refractivity contribution is 0.252. The number of anilines is 1. The third-order valence-electron chi connectivity index (χ3n) is 2.87. The third kappa shape index (κ3) is 4.39. The Bertz CT molecular complexity index is 654. The molecule has 0 spiro atoms. The minimum atomic E-state index is -0.979. The van der Waals surface area contributed by atoms with Crippen LogP contribution in [0.1, 0.15) is 5.56 Å². The van der Waals surface area contributed by atoms with Crippen LogP contribution in [0.2, 0.25) is 5.02 Å². The van der Waals surface area contributed by atoms with Gasteiger partial charge in [0.05, 0.1) is 0 Å². The van der Waals surface area contributed by atoms with Gasteiger partial charge < -0.3 is 10.6 Å². The Morgan fingerprint density at radius 1 is 1.05 bits per heavy atom. The van der Waals surface area contributed by atoms with Gasteiger partial charge in [-0.15, -0.1) is 0 Å². The van der Waals surface area contributed by atoms with E-state index in [0.29, 0.717) is 22.8 Å². The fourth-order valence-electron chi connectivity index (χ4n) is 1.82. The zero-order chi connectivity index (χ0) is 16.1. The maximum absolute atomic E-state index is 13.4. The van der Waals surface area contributed by atoms with Crippen LogP contribution in [0.5, 0.6) is 0 Å². The Morgan fingerprint density at radius 2 is 1.64 bits per heavy atom. The van der Waals surface area contributed by atoms with Gasteiger partial charge >= 0.3 is 6.03 Å². The Morgan fingerprint density at radius 3 is 2.23 bits per heavy atom. The number of rotatable bonds is 4. The Kier molecular flexibility index (Phi) is 5.27. The standard InChI is InChI=1S/C15H12ClF3N2O/c16-9-1-3-11(4-2-9)21-15(22)20-6-5-12-13(18)7-10(17)8-14(12)19/h1-4,7-8H,5-6H2,(H2,20,21,22). The molecule has 2 rings (SSSR count). The molecule has 0 radical (unpaired) electrons. The molecule has 2 aromatic rings. The first-order valence-electron chi connectivity index (χ1n) is 6.39. The molecule has 0 saturated heterocycles. The topological polar surface area (TPSA) is 41.1 Å². The van der Waals surface area contributed by atoms with Gasteiger partial charge in [0, 0.05) is 35.0 Å². The van der Waals surface area contributed by atoms with Crippen LogP contribution in [0.3, 0.4) is 0 Å². The zero-order valence-corrected chi connectivity index (χ0v) is 12.1. The van der Waals surface area contributed by atoms with Crippen LogP contribution in [-0.2, 0) is 6.42 Å².